The molecule has 1 unspecified atom stereocenters. The number of ether oxygens (including phenoxy) is 1. The summed E-state index contributed by atoms with van der Waals surface area (Å²) >= 11 is 0. The van der Waals surface area contributed by atoms with Crippen LogP contribution in [-0.2, 0) is 19.5 Å². The summed E-state index contributed by atoms with van der Waals surface area (Å²) in [4.78, 5) is 27.5. The smallest absolute Gasteiger partial charge is 0.320 e. The van der Waals surface area contributed by atoms with E-state index >= 15 is 0 Å². The highest BCUT2D eigenvalue weighted by Crippen LogP contribution is 2.22. The van der Waals surface area contributed by atoms with Gasteiger partial charge in [-0.1, -0.05) is 30.3 Å². The lowest BCUT2D eigenvalue weighted by Crippen LogP contribution is -2.43. The van der Waals surface area contributed by atoms with Gasteiger partial charge in [0.15, 0.2) is 0 Å². The van der Waals surface area contributed by atoms with Crippen LogP contribution in [0.15, 0.2) is 60.9 Å². The molecule has 0 saturated carbocycles. The number of pyridine rings is 2. The molecular weight excluding hydrogens is 442 g/mol. The molecule has 8 heteroatoms. The third-order valence-electron chi connectivity index (χ3n) is 6.73. The van der Waals surface area contributed by atoms with E-state index in [0.717, 1.165) is 36.3 Å². The molecule has 4 heterocycles. The third kappa shape index (κ3) is 5.44. The predicted octanol–water partition coefficient (Wildman–Crippen LogP) is 2.81. The fourth-order valence-electron chi connectivity index (χ4n) is 4.86. The van der Waals surface area contributed by atoms with E-state index in [1.165, 1.54) is 11.1 Å². The van der Waals surface area contributed by atoms with E-state index in [4.69, 9.17) is 4.74 Å². The molecule has 0 radical (unpaired) electrons. The number of aliphatic hydroxyl groups excluding tert-OH is 1. The lowest BCUT2D eigenvalue weighted by molar-refractivity contribution is 0.0812. The Morgan fingerprint density at radius 1 is 1.00 bits per heavy atom. The van der Waals surface area contributed by atoms with Crippen LogP contribution in [0.2, 0.25) is 0 Å². The minimum atomic E-state index is -0.567. The Morgan fingerprint density at radius 2 is 1.83 bits per heavy atom. The number of carbonyl (C=O) groups is 1. The number of urea groups is 1. The molecule has 3 aromatic rings. The van der Waals surface area contributed by atoms with Gasteiger partial charge in [0.1, 0.15) is 0 Å². The van der Waals surface area contributed by atoms with E-state index in [9.17, 15) is 9.90 Å². The van der Waals surface area contributed by atoms with Crippen LogP contribution in [0.4, 0.5) is 4.79 Å². The molecular formula is C27H31N5O3. The Labute approximate surface area is 205 Å². The number of fused-ring (bicyclic) bond motifs is 1. The number of nitrogens with zero attached hydrogens (tertiary/aromatic N) is 5. The Bertz CT molecular complexity index is 1170. The Balaban J connectivity index is 1.13. The molecule has 1 saturated heterocycles. The number of methoxy groups -OCH3 is 1. The minimum absolute atomic E-state index is 0.0315. The number of β-amino-alcohol motifs (C(OH)–C–C–N with tert-alkyl or cyclic N) is 1. The highest BCUT2D eigenvalue weighted by molar-refractivity contribution is 5.76. The second-order valence-electron chi connectivity index (χ2n) is 9.20. The maximum Gasteiger partial charge on any atom is 0.320 e. The second-order valence-corrected chi connectivity index (χ2v) is 9.20. The van der Waals surface area contributed by atoms with Gasteiger partial charge in [0.2, 0.25) is 5.88 Å². The van der Waals surface area contributed by atoms with Crippen molar-refractivity contribution in [1.82, 2.24) is 24.7 Å². The van der Waals surface area contributed by atoms with Crippen LogP contribution in [-0.4, -0.2) is 81.7 Å². The summed E-state index contributed by atoms with van der Waals surface area (Å²) in [6, 6.07) is 16.1. The number of hydrogen-bond acceptors (Lipinski definition) is 6. The average molecular weight is 474 g/mol. The molecule has 35 heavy (non-hydrogen) atoms. The molecule has 0 bridgehead atoms. The van der Waals surface area contributed by atoms with Crippen molar-refractivity contribution in [3.05, 3.63) is 77.6 Å². The molecule has 1 fully saturated rings. The number of rotatable bonds is 8. The monoisotopic (exact) mass is 473 g/mol. The standard InChI is InChI=1S/C27H31N5O3/c1-35-26-14-22(8-10-28-26)25-7-6-20(15-29-25)16-31-12-13-32(27(31)34)19-24(33)18-30-11-9-21-4-2-3-5-23(21)17-30/h2-8,10,14-15,24,33H,9,11-13,16-19H2,1H3. The van der Waals surface area contributed by atoms with Gasteiger partial charge in [-0.3, -0.25) is 9.88 Å². The van der Waals surface area contributed by atoms with Gasteiger partial charge in [0.25, 0.3) is 0 Å². The molecule has 0 spiro atoms. The van der Waals surface area contributed by atoms with Gasteiger partial charge in [-0.15, -0.1) is 0 Å². The maximum atomic E-state index is 12.9. The molecule has 8 nitrogen and oxygen atoms in total. The largest absolute Gasteiger partial charge is 0.481 e. The molecule has 2 aromatic heterocycles. The molecule has 1 atom stereocenters. The first-order valence-corrected chi connectivity index (χ1v) is 12.1. The van der Waals surface area contributed by atoms with Crippen molar-refractivity contribution in [2.45, 2.75) is 25.6 Å². The van der Waals surface area contributed by atoms with Crippen LogP contribution in [0.3, 0.4) is 0 Å². The first-order chi connectivity index (χ1) is 17.1. The highest BCUT2D eigenvalue weighted by atomic mass is 16.5. The number of aliphatic hydroxyl groups is 1. The summed E-state index contributed by atoms with van der Waals surface area (Å²) in [7, 11) is 1.59. The molecule has 1 N–H and O–H groups in total. The van der Waals surface area contributed by atoms with Crippen molar-refractivity contribution in [2.75, 3.05) is 39.8 Å². The van der Waals surface area contributed by atoms with Gasteiger partial charge in [-0.25, -0.2) is 9.78 Å². The molecule has 5 rings (SSSR count). The summed E-state index contributed by atoms with van der Waals surface area (Å²) < 4.78 is 5.19. The fraction of sp³-hybridized carbons (Fsp3) is 0.370. The summed E-state index contributed by atoms with van der Waals surface area (Å²) in [5, 5.41) is 10.7. The van der Waals surface area contributed by atoms with Gasteiger partial charge >= 0.3 is 6.03 Å². The number of benzene rings is 1. The molecule has 0 aliphatic carbocycles. The number of carbonyl (C=O) groups excluding carboxylic acids is 1. The van der Waals surface area contributed by atoms with Crippen molar-refractivity contribution in [3.63, 3.8) is 0 Å². The molecule has 2 aliphatic heterocycles. The van der Waals surface area contributed by atoms with Gasteiger partial charge < -0.3 is 19.6 Å². The minimum Gasteiger partial charge on any atom is -0.481 e. The Hall–Kier alpha value is -3.49. The lowest BCUT2D eigenvalue weighted by Gasteiger charge is -2.31. The summed E-state index contributed by atoms with van der Waals surface area (Å²) in [6.45, 7) is 4.48. The van der Waals surface area contributed by atoms with Gasteiger partial charge in [-0.05, 0) is 35.2 Å². The van der Waals surface area contributed by atoms with Crippen LogP contribution in [0, 0.1) is 0 Å². The number of hydrogen-bond donors (Lipinski definition) is 1. The van der Waals surface area contributed by atoms with E-state index in [1.807, 2.05) is 29.2 Å². The SMILES string of the molecule is COc1cc(-c2ccc(CN3CCN(CC(O)CN4CCc5ccccc5C4)C3=O)cn2)ccn1. The Kier molecular flexibility index (Phi) is 6.92. The van der Waals surface area contributed by atoms with Crippen LogP contribution in [0.5, 0.6) is 5.88 Å². The van der Waals surface area contributed by atoms with Gasteiger partial charge in [0.05, 0.1) is 18.9 Å². The van der Waals surface area contributed by atoms with Crippen molar-refractivity contribution in [2.24, 2.45) is 0 Å². The summed E-state index contributed by atoms with van der Waals surface area (Å²) in [5.41, 5.74) is 5.45. The summed E-state index contributed by atoms with van der Waals surface area (Å²) in [5.74, 6) is 0.545. The fourth-order valence-corrected chi connectivity index (χ4v) is 4.86. The normalized spacial score (nSPS) is 16.9. The zero-order valence-electron chi connectivity index (χ0n) is 20.0. The topological polar surface area (TPSA) is 82.0 Å². The first kappa shape index (κ1) is 23.3. The van der Waals surface area contributed by atoms with Crippen LogP contribution < -0.4 is 4.74 Å². The molecule has 2 aliphatic rings. The van der Waals surface area contributed by atoms with Crippen molar-refractivity contribution in [1.29, 1.82) is 0 Å². The zero-order valence-corrected chi connectivity index (χ0v) is 20.0. The third-order valence-corrected chi connectivity index (χ3v) is 6.73. The second kappa shape index (κ2) is 10.4. The summed E-state index contributed by atoms with van der Waals surface area (Å²) in [6.07, 6.45) is 3.93. The van der Waals surface area contributed by atoms with Crippen LogP contribution in [0.25, 0.3) is 11.3 Å². The lowest BCUT2D eigenvalue weighted by atomic mass is 10.00. The number of amides is 2. The van der Waals surface area contributed by atoms with E-state index < -0.39 is 6.10 Å². The van der Waals surface area contributed by atoms with Crippen molar-refractivity contribution >= 4 is 6.03 Å². The average Bonchev–Trinajstić information content (AvgIpc) is 3.22. The van der Waals surface area contributed by atoms with Crippen LogP contribution >= 0.6 is 0 Å². The molecule has 2 amide bonds. The quantitative estimate of drug-likeness (QED) is 0.542. The van der Waals surface area contributed by atoms with E-state index in [-0.39, 0.29) is 6.03 Å². The molecule has 182 valence electrons. The van der Waals surface area contributed by atoms with Gasteiger partial charge in [0, 0.05) is 69.8 Å². The van der Waals surface area contributed by atoms with E-state index in [2.05, 4.69) is 39.1 Å². The maximum absolute atomic E-state index is 12.9. The van der Waals surface area contributed by atoms with Gasteiger partial charge in [-0.2, -0.15) is 0 Å². The van der Waals surface area contributed by atoms with E-state index in [1.54, 1.807) is 24.4 Å². The van der Waals surface area contributed by atoms with Crippen molar-refractivity contribution in [3.8, 4) is 17.1 Å². The predicted molar refractivity (Wildman–Crippen MR) is 133 cm³/mol. The highest BCUT2D eigenvalue weighted by Gasteiger charge is 2.30. The molecule has 1 aromatic carbocycles. The Morgan fingerprint density at radius 3 is 2.63 bits per heavy atom. The van der Waals surface area contributed by atoms with Crippen molar-refractivity contribution < 1.29 is 14.6 Å². The van der Waals surface area contributed by atoms with E-state index in [0.29, 0.717) is 38.6 Å². The number of aromatic nitrogens is 2. The first-order valence-electron chi connectivity index (χ1n) is 12.1. The van der Waals surface area contributed by atoms with Crippen LogP contribution in [0.1, 0.15) is 16.7 Å². The zero-order chi connectivity index (χ0) is 24.2.